The van der Waals surface area contributed by atoms with Crippen LogP contribution in [0.3, 0.4) is 0 Å². The highest BCUT2D eigenvalue weighted by molar-refractivity contribution is 4.75. The van der Waals surface area contributed by atoms with Crippen LogP contribution in [0, 0.1) is 11.3 Å². The zero-order valence-electron chi connectivity index (χ0n) is 11.0. The van der Waals surface area contributed by atoms with Gasteiger partial charge in [0.25, 0.3) is 0 Å². The van der Waals surface area contributed by atoms with Crippen LogP contribution < -0.4 is 5.32 Å². The van der Waals surface area contributed by atoms with Crippen molar-refractivity contribution < 1.29 is 0 Å². The largest absolute Gasteiger partial charge is 0.316 e. The summed E-state index contributed by atoms with van der Waals surface area (Å²) in [4.78, 5) is 2.58. The van der Waals surface area contributed by atoms with E-state index in [1.807, 2.05) is 0 Å². The molecule has 0 radical (unpaired) electrons. The van der Waals surface area contributed by atoms with E-state index in [0.29, 0.717) is 5.41 Å². The van der Waals surface area contributed by atoms with Crippen LogP contribution in [-0.4, -0.2) is 37.6 Å². The molecule has 15 heavy (non-hydrogen) atoms. The topological polar surface area (TPSA) is 15.3 Å². The molecule has 0 amide bonds. The van der Waals surface area contributed by atoms with Gasteiger partial charge < -0.3 is 10.2 Å². The number of nitrogens with one attached hydrogen (secondary N) is 1. The molecule has 0 aromatic carbocycles. The normalized spacial score (nSPS) is 24.4. The Hall–Kier alpha value is -0.0800. The molecular weight excluding hydrogens is 184 g/mol. The van der Waals surface area contributed by atoms with Crippen molar-refractivity contribution in [2.24, 2.45) is 11.3 Å². The van der Waals surface area contributed by atoms with E-state index in [9.17, 15) is 0 Å². The zero-order valence-corrected chi connectivity index (χ0v) is 11.0. The summed E-state index contributed by atoms with van der Waals surface area (Å²) in [6, 6.07) is 0. The van der Waals surface area contributed by atoms with Crippen LogP contribution in [0.15, 0.2) is 0 Å². The first-order valence-corrected chi connectivity index (χ1v) is 6.44. The fourth-order valence-electron chi connectivity index (χ4n) is 2.26. The molecule has 0 spiro atoms. The van der Waals surface area contributed by atoms with Gasteiger partial charge in [-0.3, -0.25) is 0 Å². The second-order valence-electron chi connectivity index (χ2n) is 6.09. The van der Waals surface area contributed by atoms with Gasteiger partial charge in [0.1, 0.15) is 0 Å². The number of nitrogens with zero attached hydrogens (tertiary/aromatic N) is 1. The highest BCUT2D eigenvalue weighted by Gasteiger charge is 2.19. The average Bonchev–Trinajstić information content (AvgIpc) is 2.16. The molecule has 1 heterocycles. The summed E-state index contributed by atoms with van der Waals surface area (Å²) in [5.74, 6) is 0.876. The highest BCUT2D eigenvalue weighted by Crippen LogP contribution is 2.16. The molecule has 1 fully saturated rings. The van der Waals surface area contributed by atoms with Crippen LogP contribution in [0.1, 0.15) is 40.5 Å². The maximum atomic E-state index is 3.61. The Morgan fingerprint density at radius 1 is 1.33 bits per heavy atom. The van der Waals surface area contributed by atoms with Gasteiger partial charge in [-0.05, 0) is 50.4 Å². The highest BCUT2D eigenvalue weighted by atomic mass is 15.1. The minimum atomic E-state index is 0.416. The first-order chi connectivity index (χ1) is 7.01. The molecule has 1 saturated heterocycles. The molecule has 90 valence electrons. The molecule has 0 saturated carbocycles. The van der Waals surface area contributed by atoms with Gasteiger partial charge in [0.15, 0.2) is 0 Å². The molecule has 1 N–H and O–H groups in total. The smallest absolute Gasteiger partial charge is 0.00217 e. The molecule has 2 nitrogen and oxygen atoms in total. The summed E-state index contributed by atoms with van der Waals surface area (Å²) < 4.78 is 0. The predicted octanol–water partition coefficient (Wildman–Crippen LogP) is 2.35. The SMILES string of the molecule is CCN1CCCC(CNCC(C)(C)C)C1. The van der Waals surface area contributed by atoms with Crippen molar-refractivity contribution in [2.75, 3.05) is 32.7 Å². The second kappa shape index (κ2) is 5.86. The van der Waals surface area contributed by atoms with Crippen molar-refractivity contribution in [3.63, 3.8) is 0 Å². The van der Waals surface area contributed by atoms with E-state index in [4.69, 9.17) is 0 Å². The fourth-order valence-corrected chi connectivity index (χ4v) is 2.26. The minimum absolute atomic E-state index is 0.416. The van der Waals surface area contributed by atoms with E-state index >= 15 is 0 Å². The van der Waals surface area contributed by atoms with Gasteiger partial charge in [-0.15, -0.1) is 0 Å². The van der Waals surface area contributed by atoms with Crippen molar-refractivity contribution in [1.29, 1.82) is 0 Å². The van der Waals surface area contributed by atoms with Gasteiger partial charge in [0, 0.05) is 6.54 Å². The van der Waals surface area contributed by atoms with E-state index in [0.717, 1.165) is 12.5 Å². The van der Waals surface area contributed by atoms with E-state index < -0.39 is 0 Å². The molecule has 1 aliphatic heterocycles. The van der Waals surface area contributed by atoms with Crippen molar-refractivity contribution in [3.05, 3.63) is 0 Å². The fraction of sp³-hybridized carbons (Fsp3) is 1.00. The molecule has 0 aromatic rings. The lowest BCUT2D eigenvalue weighted by Gasteiger charge is -2.32. The van der Waals surface area contributed by atoms with Crippen LogP contribution >= 0.6 is 0 Å². The molecule has 0 bridgehead atoms. The molecule has 1 aliphatic rings. The monoisotopic (exact) mass is 212 g/mol. The Bertz CT molecular complexity index is 172. The van der Waals surface area contributed by atoms with Gasteiger partial charge in [0.05, 0.1) is 0 Å². The third-order valence-electron chi connectivity index (χ3n) is 3.14. The van der Waals surface area contributed by atoms with Crippen molar-refractivity contribution in [2.45, 2.75) is 40.5 Å². The van der Waals surface area contributed by atoms with E-state index in [1.165, 1.54) is 39.0 Å². The van der Waals surface area contributed by atoms with Crippen molar-refractivity contribution >= 4 is 0 Å². The third kappa shape index (κ3) is 5.53. The summed E-state index contributed by atoms with van der Waals surface area (Å²) >= 11 is 0. The lowest BCUT2D eigenvalue weighted by Crippen LogP contribution is -2.40. The Morgan fingerprint density at radius 3 is 2.67 bits per heavy atom. The Labute approximate surface area is 95.4 Å². The number of likely N-dealkylation sites (tertiary alicyclic amines) is 1. The Balaban J connectivity index is 2.15. The maximum Gasteiger partial charge on any atom is 0.00217 e. The second-order valence-corrected chi connectivity index (χ2v) is 6.09. The van der Waals surface area contributed by atoms with E-state index in [1.54, 1.807) is 0 Å². The lowest BCUT2D eigenvalue weighted by atomic mass is 9.95. The summed E-state index contributed by atoms with van der Waals surface area (Å²) in [6.07, 6.45) is 2.79. The minimum Gasteiger partial charge on any atom is -0.316 e. The van der Waals surface area contributed by atoms with Crippen LogP contribution in [0.4, 0.5) is 0 Å². The van der Waals surface area contributed by atoms with Crippen molar-refractivity contribution in [1.82, 2.24) is 10.2 Å². The lowest BCUT2D eigenvalue weighted by molar-refractivity contribution is 0.177. The molecule has 1 atom stereocenters. The zero-order chi connectivity index (χ0) is 11.3. The summed E-state index contributed by atoms with van der Waals surface area (Å²) in [5, 5.41) is 3.61. The first kappa shape index (κ1) is 13.0. The van der Waals surface area contributed by atoms with Gasteiger partial charge in [0.2, 0.25) is 0 Å². The number of rotatable bonds is 4. The Kier molecular flexibility index (Phi) is 5.07. The van der Waals surface area contributed by atoms with Crippen LogP contribution in [-0.2, 0) is 0 Å². The molecule has 0 aromatic heterocycles. The summed E-state index contributed by atoms with van der Waals surface area (Å²) in [5.41, 5.74) is 0.416. The molecule has 0 aliphatic carbocycles. The molecule has 1 rings (SSSR count). The third-order valence-corrected chi connectivity index (χ3v) is 3.14. The van der Waals surface area contributed by atoms with Gasteiger partial charge in [-0.25, -0.2) is 0 Å². The Morgan fingerprint density at radius 2 is 2.07 bits per heavy atom. The van der Waals surface area contributed by atoms with E-state index in [2.05, 4.69) is 37.9 Å². The van der Waals surface area contributed by atoms with Gasteiger partial charge in [-0.1, -0.05) is 27.7 Å². The van der Waals surface area contributed by atoms with Crippen LogP contribution in [0.25, 0.3) is 0 Å². The van der Waals surface area contributed by atoms with Gasteiger partial charge in [-0.2, -0.15) is 0 Å². The van der Waals surface area contributed by atoms with Crippen molar-refractivity contribution in [3.8, 4) is 0 Å². The van der Waals surface area contributed by atoms with Gasteiger partial charge >= 0.3 is 0 Å². The van der Waals surface area contributed by atoms with Crippen LogP contribution in [0.5, 0.6) is 0 Å². The summed E-state index contributed by atoms with van der Waals surface area (Å²) in [6.45, 7) is 15.3. The maximum absolute atomic E-state index is 3.61. The standard InChI is InChI=1S/C13H28N2/c1-5-15-8-6-7-12(10-15)9-14-11-13(2,3)4/h12,14H,5-11H2,1-4H3. The quantitative estimate of drug-likeness (QED) is 0.769. The molecule has 1 unspecified atom stereocenters. The number of hydrogen-bond donors (Lipinski definition) is 1. The van der Waals surface area contributed by atoms with Crippen LogP contribution in [0.2, 0.25) is 0 Å². The molecule has 2 heteroatoms. The van der Waals surface area contributed by atoms with E-state index in [-0.39, 0.29) is 0 Å². The first-order valence-electron chi connectivity index (χ1n) is 6.44. The number of hydrogen-bond acceptors (Lipinski definition) is 2. The predicted molar refractivity (Wildman–Crippen MR) is 67.2 cm³/mol. The molecular formula is C13H28N2. The average molecular weight is 212 g/mol. The summed E-state index contributed by atoms with van der Waals surface area (Å²) in [7, 11) is 0. The number of piperidine rings is 1.